The Morgan fingerprint density at radius 3 is 3.06 bits per heavy atom. The van der Waals surface area contributed by atoms with Crippen molar-refractivity contribution >= 4 is 17.3 Å². The third kappa shape index (κ3) is 1.64. The molecule has 5 nitrogen and oxygen atoms in total. The lowest BCUT2D eigenvalue weighted by molar-refractivity contribution is -0.138. The lowest BCUT2D eigenvalue weighted by atomic mass is 10.1. The Balaban J connectivity index is 2.43. The second-order valence-electron chi connectivity index (χ2n) is 3.75. The van der Waals surface area contributed by atoms with Gasteiger partial charge in [-0.1, -0.05) is 6.07 Å². The average Bonchev–Trinajstić information content (AvgIpc) is 2.27. The number of carbonyl (C=O) groups is 1. The number of hydrogen-bond donors (Lipinski definition) is 2. The molecule has 0 saturated carbocycles. The number of rotatable bonds is 2. The molecular formula is C11H14N2O3. The monoisotopic (exact) mass is 222 g/mol. The van der Waals surface area contributed by atoms with Gasteiger partial charge in [0.25, 0.3) is 0 Å². The molecule has 0 bridgehead atoms. The molecule has 1 unspecified atom stereocenters. The van der Waals surface area contributed by atoms with E-state index in [0.29, 0.717) is 30.3 Å². The zero-order valence-corrected chi connectivity index (χ0v) is 9.01. The number of carboxylic acid groups (broad SMARTS) is 1. The van der Waals surface area contributed by atoms with E-state index in [-0.39, 0.29) is 0 Å². The molecule has 1 aliphatic rings. The second-order valence-corrected chi connectivity index (χ2v) is 3.75. The summed E-state index contributed by atoms with van der Waals surface area (Å²) >= 11 is 0. The molecule has 1 atom stereocenters. The lowest BCUT2D eigenvalue weighted by Crippen LogP contribution is -2.44. The Morgan fingerprint density at radius 2 is 2.38 bits per heavy atom. The smallest absolute Gasteiger partial charge is 0.326 e. The van der Waals surface area contributed by atoms with E-state index < -0.39 is 12.0 Å². The predicted molar refractivity (Wildman–Crippen MR) is 60.8 cm³/mol. The van der Waals surface area contributed by atoms with E-state index in [2.05, 4.69) is 0 Å². The van der Waals surface area contributed by atoms with Crippen molar-refractivity contribution in [3.8, 4) is 5.75 Å². The molecule has 3 N–H and O–H groups in total. The molecule has 5 heteroatoms. The third-order valence-corrected chi connectivity index (χ3v) is 2.73. The van der Waals surface area contributed by atoms with E-state index in [1.54, 1.807) is 30.0 Å². The molecule has 0 fully saturated rings. The summed E-state index contributed by atoms with van der Waals surface area (Å²) in [5.74, 6) is -0.213. The lowest BCUT2D eigenvalue weighted by Gasteiger charge is -2.34. The Morgan fingerprint density at radius 1 is 1.62 bits per heavy atom. The summed E-state index contributed by atoms with van der Waals surface area (Å²) in [6.07, 6.45) is 0. The molecule has 16 heavy (non-hydrogen) atoms. The van der Waals surface area contributed by atoms with Crippen molar-refractivity contribution in [2.75, 3.05) is 23.8 Å². The van der Waals surface area contributed by atoms with E-state index in [1.165, 1.54) is 0 Å². The third-order valence-electron chi connectivity index (χ3n) is 2.73. The van der Waals surface area contributed by atoms with Crippen molar-refractivity contribution in [3.05, 3.63) is 18.2 Å². The van der Waals surface area contributed by atoms with Gasteiger partial charge in [-0.25, -0.2) is 4.79 Å². The van der Waals surface area contributed by atoms with E-state index in [9.17, 15) is 4.79 Å². The molecular weight excluding hydrogens is 208 g/mol. The molecule has 1 heterocycles. The fourth-order valence-electron chi connectivity index (χ4n) is 1.85. The normalized spacial score (nSPS) is 16.2. The van der Waals surface area contributed by atoms with Gasteiger partial charge in [0.2, 0.25) is 0 Å². The number of hydrogen-bond acceptors (Lipinski definition) is 4. The topological polar surface area (TPSA) is 75.8 Å². The summed E-state index contributed by atoms with van der Waals surface area (Å²) < 4.78 is 5.45. The number of fused-ring (bicyclic) bond motifs is 1. The summed E-state index contributed by atoms with van der Waals surface area (Å²) in [6.45, 7) is 2.66. The van der Waals surface area contributed by atoms with Gasteiger partial charge in [0, 0.05) is 0 Å². The zero-order valence-electron chi connectivity index (χ0n) is 9.01. The standard InChI is InChI=1S/C11H14N2O3/c1-7(11(14)15)13-5-6-16-9-4-2-3-8(12)10(9)13/h2-4,7H,5-6,12H2,1H3,(H,14,15). The SMILES string of the molecule is CC(C(=O)O)N1CCOc2cccc(N)c21. The highest BCUT2D eigenvalue weighted by molar-refractivity contribution is 5.83. The first-order valence-electron chi connectivity index (χ1n) is 5.12. The van der Waals surface area contributed by atoms with Crippen LogP contribution in [0.2, 0.25) is 0 Å². The maximum Gasteiger partial charge on any atom is 0.326 e. The van der Waals surface area contributed by atoms with Gasteiger partial charge in [0.05, 0.1) is 12.2 Å². The zero-order chi connectivity index (χ0) is 11.7. The minimum Gasteiger partial charge on any atom is -0.489 e. The molecule has 0 amide bonds. The maximum atomic E-state index is 11.0. The van der Waals surface area contributed by atoms with Crippen LogP contribution in [0.15, 0.2) is 18.2 Å². The quantitative estimate of drug-likeness (QED) is 0.728. The molecule has 0 radical (unpaired) electrons. The van der Waals surface area contributed by atoms with Gasteiger partial charge in [-0.3, -0.25) is 0 Å². The van der Waals surface area contributed by atoms with Crippen LogP contribution in [-0.2, 0) is 4.79 Å². The van der Waals surface area contributed by atoms with Crippen LogP contribution < -0.4 is 15.4 Å². The van der Waals surface area contributed by atoms with Crippen molar-refractivity contribution in [2.24, 2.45) is 0 Å². The number of aliphatic carboxylic acids is 1. The molecule has 0 saturated heterocycles. The van der Waals surface area contributed by atoms with E-state index in [0.717, 1.165) is 0 Å². The molecule has 86 valence electrons. The van der Waals surface area contributed by atoms with Crippen molar-refractivity contribution in [1.29, 1.82) is 0 Å². The van der Waals surface area contributed by atoms with Gasteiger partial charge < -0.3 is 20.5 Å². The van der Waals surface area contributed by atoms with E-state index in [4.69, 9.17) is 15.6 Å². The fraction of sp³-hybridized carbons (Fsp3) is 0.364. The minimum absolute atomic E-state index is 0.480. The van der Waals surface area contributed by atoms with Crippen LogP contribution in [0.4, 0.5) is 11.4 Å². The molecule has 2 rings (SSSR count). The number of ether oxygens (including phenoxy) is 1. The number of nitrogens with zero attached hydrogens (tertiary/aromatic N) is 1. The molecule has 1 aliphatic heterocycles. The van der Waals surface area contributed by atoms with E-state index >= 15 is 0 Å². The van der Waals surface area contributed by atoms with Crippen LogP contribution in [0.1, 0.15) is 6.92 Å². The number of carboxylic acids is 1. The van der Waals surface area contributed by atoms with E-state index in [1.807, 2.05) is 0 Å². The second kappa shape index (κ2) is 3.92. The summed E-state index contributed by atoms with van der Waals surface area (Å²) in [5, 5.41) is 9.03. The van der Waals surface area contributed by atoms with Crippen molar-refractivity contribution in [2.45, 2.75) is 13.0 Å². The van der Waals surface area contributed by atoms with Gasteiger partial charge in [-0.2, -0.15) is 0 Å². The van der Waals surface area contributed by atoms with Crippen LogP contribution in [0, 0.1) is 0 Å². The predicted octanol–water partition coefficient (Wildman–Crippen LogP) is 0.941. The highest BCUT2D eigenvalue weighted by atomic mass is 16.5. The summed E-state index contributed by atoms with van der Waals surface area (Å²) in [4.78, 5) is 12.8. The number of nitrogen functional groups attached to an aromatic ring is 1. The van der Waals surface area contributed by atoms with Gasteiger partial charge in [-0.05, 0) is 19.1 Å². The van der Waals surface area contributed by atoms with Crippen molar-refractivity contribution in [1.82, 2.24) is 0 Å². The Hall–Kier alpha value is -1.91. The fourth-order valence-corrected chi connectivity index (χ4v) is 1.85. The first-order chi connectivity index (χ1) is 7.61. The Kier molecular flexibility index (Phi) is 2.60. The van der Waals surface area contributed by atoms with Crippen LogP contribution in [-0.4, -0.2) is 30.3 Å². The minimum atomic E-state index is -0.865. The van der Waals surface area contributed by atoms with Crippen molar-refractivity contribution in [3.63, 3.8) is 0 Å². The largest absolute Gasteiger partial charge is 0.489 e. The van der Waals surface area contributed by atoms with Crippen molar-refractivity contribution < 1.29 is 14.6 Å². The average molecular weight is 222 g/mol. The van der Waals surface area contributed by atoms with Crippen LogP contribution in [0.25, 0.3) is 0 Å². The number of anilines is 2. The first-order valence-corrected chi connectivity index (χ1v) is 5.12. The van der Waals surface area contributed by atoms with Gasteiger partial charge >= 0.3 is 5.97 Å². The summed E-state index contributed by atoms with van der Waals surface area (Å²) in [6, 6.07) is 4.73. The molecule has 1 aromatic carbocycles. The van der Waals surface area contributed by atoms with Crippen LogP contribution in [0.3, 0.4) is 0 Å². The maximum absolute atomic E-state index is 11.0. The van der Waals surface area contributed by atoms with Gasteiger partial charge in [0.15, 0.2) is 0 Å². The highest BCUT2D eigenvalue weighted by Crippen LogP contribution is 2.37. The molecule has 0 spiro atoms. The first kappa shape index (κ1) is 10.6. The highest BCUT2D eigenvalue weighted by Gasteiger charge is 2.28. The van der Waals surface area contributed by atoms with Gasteiger partial charge in [-0.15, -0.1) is 0 Å². The van der Waals surface area contributed by atoms with Crippen LogP contribution >= 0.6 is 0 Å². The number of para-hydroxylation sites is 1. The van der Waals surface area contributed by atoms with Crippen LogP contribution in [0.5, 0.6) is 5.75 Å². The number of nitrogens with two attached hydrogens (primary N) is 1. The Bertz CT molecular complexity index is 420. The number of benzene rings is 1. The summed E-state index contributed by atoms with van der Waals surface area (Å²) in [5.41, 5.74) is 7.09. The Labute approximate surface area is 93.4 Å². The summed E-state index contributed by atoms with van der Waals surface area (Å²) in [7, 11) is 0. The molecule has 0 aliphatic carbocycles. The molecule has 0 aromatic heterocycles. The van der Waals surface area contributed by atoms with Gasteiger partial charge in [0.1, 0.15) is 24.1 Å². The molecule has 1 aromatic rings.